The predicted octanol–water partition coefficient (Wildman–Crippen LogP) is 2.90. The van der Waals surface area contributed by atoms with Gasteiger partial charge in [0.1, 0.15) is 5.54 Å². The number of hydrogen-bond donors (Lipinski definition) is 1. The number of esters is 1. The summed E-state index contributed by atoms with van der Waals surface area (Å²) in [6.07, 6.45) is 7.67. The minimum Gasteiger partial charge on any atom is -0.468 e. The standard InChI is InChI=1S/C17H31NO3/c1-13(2)14-6-4-9-17(10-8-14,16(19)20-3)18-12-15-7-5-11-21-15/h13-15,18H,4-12H2,1-3H3. The molecule has 2 fully saturated rings. The molecule has 0 aromatic rings. The normalized spacial score (nSPS) is 33.9. The van der Waals surface area contributed by atoms with Gasteiger partial charge in [-0.2, -0.15) is 0 Å². The van der Waals surface area contributed by atoms with Crippen molar-refractivity contribution in [1.82, 2.24) is 5.32 Å². The van der Waals surface area contributed by atoms with Crippen molar-refractivity contribution in [2.75, 3.05) is 20.3 Å². The third-order valence-electron chi connectivity index (χ3n) is 5.33. The van der Waals surface area contributed by atoms with Gasteiger partial charge >= 0.3 is 5.97 Å². The van der Waals surface area contributed by atoms with E-state index < -0.39 is 5.54 Å². The smallest absolute Gasteiger partial charge is 0.326 e. The highest BCUT2D eigenvalue weighted by atomic mass is 16.5. The Kier molecular flexibility index (Phi) is 6.06. The molecule has 3 atom stereocenters. The van der Waals surface area contributed by atoms with Crippen molar-refractivity contribution in [2.24, 2.45) is 11.8 Å². The molecule has 0 amide bonds. The van der Waals surface area contributed by atoms with E-state index >= 15 is 0 Å². The molecule has 0 aromatic carbocycles. The fraction of sp³-hybridized carbons (Fsp3) is 0.941. The Bertz CT molecular complexity index is 339. The number of ether oxygens (including phenoxy) is 2. The minimum atomic E-state index is -0.496. The first-order valence-corrected chi connectivity index (χ1v) is 8.52. The lowest BCUT2D eigenvalue weighted by Gasteiger charge is -2.32. The Morgan fingerprint density at radius 1 is 1.29 bits per heavy atom. The van der Waals surface area contributed by atoms with Crippen LogP contribution in [0.5, 0.6) is 0 Å². The van der Waals surface area contributed by atoms with Crippen LogP contribution in [-0.2, 0) is 14.3 Å². The molecule has 0 bridgehead atoms. The molecule has 1 saturated heterocycles. The van der Waals surface area contributed by atoms with Gasteiger partial charge in [0.2, 0.25) is 0 Å². The number of nitrogens with one attached hydrogen (secondary N) is 1. The molecule has 1 saturated carbocycles. The van der Waals surface area contributed by atoms with E-state index in [9.17, 15) is 4.79 Å². The monoisotopic (exact) mass is 297 g/mol. The van der Waals surface area contributed by atoms with E-state index in [-0.39, 0.29) is 12.1 Å². The molecule has 1 aliphatic carbocycles. The van der Waals surface area contributed by atoms with E-state index in [2.05, 4.69) is 19.2 Å². The van der Waals surface area contributed by atoms with Gasteiger partial charge in [-0.15, -0.1) is 0 Å². The van der Waals surface area contributed by atoms with Crippen molar-refractivity contribution in [2.45, 2.75) is 70.4 Å². The summed E-state index contributed by atoms with van der Waals surface area (Å²) < 4.78 is 10.8. The van der Waals surface area contributed by atoms with Gasteiger partial charge in [-0.25, -0.2) is 0 Å². The van der Waals surface area contributed by atoms with Crippen molar-refractivity contribution in [3.05, 3.63) is 0 Å². The number of methoxy groups -OCH3 is 1. The van der Waals surface area contributed by atoms with E-state index in [4.69, 9.17) is 9.47 Å². The van der Waals surface area contributed by atoms with E-state index in [0.717, 1.165) is 57.6 Å². The Balaban J connectivity index is 2.00. The number of carbonyl (C=O) groups is 1. The highest BCUT2D eigenvalue weighted by Gasteiger charge is 2.41. The van der Waals surface area contributed by atoms with Crippen LogP contribution in [-0.4, -0.2) is 37.9 Å². The molecule has 122 valence electrons. The third-order valence-corrected chi connectivity index (χ3v) is 5.33. The van der Waals surface area contributed by atoms with Crippen molar-refractivity contribution >= 4 is 5.97 Å². The molecule has 1 heterocycles. The fourth-order valence-corrected chi connectivity index (χ4v) is 3.80. The van der Waals surface area contributed by atoms with Gasteiger partial charge in [0, 0.05) is 13.2 Å². The zero-order chi connectivity index (χ0) is 15.3. The third kappa shape index (κ3) is 4.19. The van der Waals surface area contributed by atoms with Crippen LogP contribution in [0.1, 0.15) is 58.8 Å². The van der Waals surface area contributed by atoms with Crippen molar-refractivity contribution < 1.29 is 14.3 Å². The Labute approximate surface area is 129 Å². The second-order valence-corrected chi connectivity index (χ2v) is 7.02. The second-order valence-electron chi connectivity index (χ2n) is 7.02. The van der Waals surface area contributed by atoms with Gasteiger partial charge in [0.05, 0.1) is 13.2 Å². The van der Waals surface area contributed by atoms with E-state index in [1.807, 2.05) is 0 Å². The Morgan fingerprint density at radius 2 is 2.10 bits per heavy atom. The first-order chi connectivity index (χ1) is 10.1. The summed E-state index contributed by atoms with van der Waals surface area (Å²) in [7, 11) is 1.50. The number of rotatable bonds is 5. The van der Waals surface area contributed by atoms with Crippen LogP contribution in [0.25, 0.3) is 0 Å². The molecule has 4 heteroatoms. The molecule has 2 aliphatic rings. The maximum atomic E-state index is 12.4. The van der Waals surface area contributed by atoms with Crippen LogP contribution in [0.4, 0.5) is 0 Å². The summed E-state index contributed by atoms with van der Waals surface area (Å²) in [6.45, 7) is 6.19. The Hall–Kier alpha value is -0.610. The van der Waals surface area contributed by atoms with Crippen molar-refractivity contribution in [3.63, 3.8) is 0 Å². The van der Waals surface area contributed by atoms with E-state index in [0.29, 0.717) is 5.92 Å². The molecule has 0 spiro atoms. The lowest BCUT2D eigenvalue weighted by Crippen LogP contribution is -2.54. The Morgan fingerprint density at radius 3 is 2.71 bits per heavy atom. The largest absolute Gasteiger partial charge is 0.468 e. The van der Waals surface area contributed by atoms with Gasteiger partial charge < -0.3 is 9.47 Å². The summed E-state index contributed by atoms with van der Waals surface area (Å²) in [4.78, 5) is 12.4. The average molecular weight is 297 g/mol. The quantitative estimate of drug-likeness (QED) is 0.626. The van der Waals surface area contributed by atoms with Gasteiger partial charge in [0.25, 0.3) is 0 Å². The highest BCUT2D eigenvalue weighted by Crippen LogP contribution is 2.35. The van der Waals surface area contributed by atoms with Crippen LogP contribution in [0.2, 0.25) is 0 Å². The molecule has 0 aromatic heterocycles. The summed E-state index contributed by atoms with van der Waals surface area (Å²) in [6, 6.07) is 0. The first kappa shape index (κ1) is 16.8. The summed E-state index contributed by atoms with van der Waals surface area (Å²) in [5.74, 6) is 1.32. The lowest BCUT2D eigenvalue weighted by molar-refractivity contribution is -0.149. The van der Waals surface area contributed by atoms with Gasteiger partial charge in [-0.05, 0) is 43.9 Å². The van der Waals surface area contributed by atoms with Crippen LogP contribution in [0.3, 0.4) is 0 Å². The van der Waals surface area contributed by atoms with Crippen LogP contribution in [0, 0.1) is 11.8 Å². The summed E-state index contributed by atoms with van der Waals surface area (Å²) >= 11 is 0. The predicted molar refractivity (Wildman–Crippen MR) is 83.1 cm³/mol. The molecular weight excluding hydrogens is 266 g/mol. The van der Waals surface area contributed by atoms with Crippen LogP contribution in [0.15, 0.2) is 0 Å². The molecular formula is C17H31NO3. The van der Waals surface area contributed by atoms with Gasteiger partial charge in [-0.1, -0.05) is 26.7 Å². The molecule has 0 radical (unpaired) electrons. The van der Waals surface area contributed by atoms with E-state index in [1.54, 1.807) is 0 Å². The maximum absolute atomic E-state index is 12.4. The zero-order valence-electron chi connectivity index (χ0n) is 13.8. The maximum Gasteiger partial charge on any atom is 0.326 e. The topological polar surface area (TPSA) is 47.6 Å². The summed E-state index contributed by atoms with van der Waals surface area (Å²) in [5, 5.41) is 3.53. The molecule has 4 nitrogen and oxygen atoms in total. The molecule has 1 N–H and O–H groups in total. The number of carbonyl (C=O) groups excluding carboxylic acids is 1. The van der Waals surface area contributed by atoms with Crippen molar-refractivity contribution in [1.29, 1.82) is 0 Å². The average Bonchev–Trinajstić information content (AvgIpc) is 2.90. The number of hydrogen-bond acceptors (Lipinski definition) is 4. The lowest BCUT2D eigenvalue weighted by atomic mass is 9.86. The summed E-state index contributed by atoms with van der Waals surface area (Å²) in [5.41, 5.74) is -0.496. The highest BCUT2D eigenvalue weighted by molar-refractivity contribution is 5.80. The first-order valence-electron chi connectivity index (χ1n) is 8.52. The second kappa shape index (κ2) is 7.59. The van der Waals surface area contributed by atoms with Crippen LogP contribution >= 0.6 is 0 Å². The minimum absolute atomic E-state index is 0.0927. The van der Waals surface area contributed by atoms with Crippen molar-refractivity contribution in [3.8, 4) is 0 Å². The molecule has 2 rings (SSSR count). The molecule has 1 aliphatic heterocycles. The van der Waals surface area contributed by atoms with Gasteiger partial charge in [0.15, 0.2) is 0 Å². The molecule has 3 unspecified atom stereocenters. The SMILES string of the molecule is COC(=O)C1(NCC2CCCO2)CCCC(C(C)C)CC1. The van der Waals surface area contributed by atoms with Crippen LogP contribution < -0.4 is 5.32 Å². The molecule has 21 heavy (non-hydrogen) atoms. The van der Waals surface area contributed by atoms with Gasteiger partial charge in [-0.3, -0.25) is 10.1 Å². The zero-order valence-corrected chi connectivity index (χ0v) is 13.8. The fourth-order valence-electron chi connectivity index (χ4n) is 3.80. The van der Waals surface area contributed by atoms with E-state index in [1.165, 1.54) is 13.5 Å².